The van der Waals surface area contributed by atoms with E-state index in [1.54, 1.807) is 9.80 Å². The van der Waals surface area contributed by atoms with Crippen LogP contribution in [0.25, 0.3) is 0 Å². The zero-order valence-corrected chi connectivity index (χ0v) is 15.7. The number of amides is 2. The highest BCUT2D eigenvalue weighted by Crippen LogP contribution is 2.35. The van der Waals surface area contributed by atoms with Gasteiger partial charge in [-0.15, -0.1) is 0 Å². The van der Waals surface area contributed by atoms with Crippen molar-refractivity contribution in [1.82, 2.24) is 15.1 Å². The summed E-state index contributed by atoms with van der Waals surface area (Å²) in [6.45, 7) is 3.23. The molecule has 1 fully saturated rings. The fourth-order valence-corrected chi connectivity index (χ4v) is 3.02. The van der Waals surface area contributed by atoms with Crippen LogP contribution in [0.4, 0.5) is 23.7 Å². The van der Waals surface area contributed by atoms with E-state index in [0.717, 1.165) is 25.1 Å². The van der Waals surface area contributed by atoms with Crippen LogP contribution in [0.1, 0.15) is 12.0 Å². The van der Waals surface area contributed by atoms with Crippen LogP contribution in [0.2, 0.25) is 5.02 Å². The van der Waals surface area contributed by atoms with E-state index in [0.29, 0.717) is 38.4 Å². The van der Waals surface area contributed by atoms with E-state index in [1.807, 2.05) is 19.0 Å². The Balaban J connectivity index is 1.89. The van der Waals surface area contributed by atoms with Crippen molar-refractivity contribution in [2.24, 2.45) is 0 Å². The highest BCUT2D eigenvalue weighted by molar-refractivity contribution is 6.33. The summed E-state index contributed by atoms with van der Waals surface area (Å²) in [6, 6.07) is 3.17. The lowest BCUT2D eigenvalue weighted by Gasteiger charge is -2.36. The molecule has 0 bridgehead atoms. The number of carbonyl (C=O) groups is 1. The van der Waals surface area contributed by atoms with E-state index in [2.05, 4.69) is 5.32 Å². The van der Waals surface area contributed by atoms with Crippen molar-refractivity contribution < 1.29 is 18.0 Å². The van der Waals surface area contributed by atoms with E-state index in [4.69, 9.17) is 11.6 Å². The summed E-state index contributed by atoms with van der Waals surface area (Å²) in [5.74, 6) is 0. The predicted molar refractivity (Wildman–Crippen MR) is 96.8 cm³/mol. The molecule has 0 aliphatic carbocycles. The number of alkyl halides is 3. The van der Waals surface area contributed by atoms with Gasteiger partial charge in [-0.05, 0) is 45.3 Å². The third-order valence-electron chi connectivity index (χ3n) is 4.24. The maximum atomic E-state index is 12.9. The molecule has 1 heterocycles. The fourth-order valence-electron chi connectivity index (χ4n) is 2.78. The second-order valence-electron chi connectivity index (χ2n) is 6.53. The molecule has 146 valence electrons. The normalized spacial score (nSPS) is 15.5. The zero-order valence-electron chi connectivity index (χ0n) is 14.9. The number of halogens is 4. The van der Waals surface area contributed by atoms with E-state index < -0.39 is 11.7 Å². The molecule has 0 aromatic heterocycles. The van der Waals surface area contributed by atoms with Gasteiger partial charge in [-0.1, -0.05) is 11.6 Å². The summed E-state index contributed by atoms with van der Waals surface area (Å²) in [4.78, 5) is 17.7. The molecule has 1 N–H and O–H groups in total. The molecule has 0 unspecified atom stereocenters. The maximum Gasteiger partial charge on any atom is 0.416 e. The molecule has 1 aromatic rings. The molecular weight excluding hydrogens is 369 g/mol. The van der Waals surface area contributed by atoms with Crippen molar-refractivity contribution in [2.45, 2.75) is 12.6 Å². The van der Waals surface area contributed by atoms with Gasteiger partial charge in [-0.25, -0.2) is 4.79 Å². The fraction of sp³-hybridized carbons (Fsp3) is 0.588. The average molecular weight is 393 g/mol. The summed E-state index contributed by atoms with van der Waals surface area (Å²) < 4.78 is 38.7. The van der Waals surface area contributed by atoms with Gasteiger partial charge in [-0.3, -0.25) is 0 Å². The first-order valence-electron chi connectivity index (χ1n) is 8.47. The number of piperazine rings is 1. The van der Waals surface area contributed by atoms with Crippen molar-refractivity contribution in [1.29, 1.82) is 0 Å². The Labute approximate surface area is 156 Å². The largest absolute Gasteiger partial charge is 0.416 e. The number of benzene rings is 1. The van der Waals surface area contributed by atoms with Gasteiger partial charge in [0.2, 0.25) is 0 Å². The van der Waals surface area contributed by atoms with Crippen LogP contribution < -0.4 is 10.2 Å². The van der Waals surface area contributed by atoms with Gasteiger partial charge in [-0.2, -0.15) is 13.2 Å². The highest BCUT2D eigenvalue weighted by Gasteiger charge is 2.32. The molecule has 2 amide bonds. The van der Waals surface area contributed by atoms with Crippen LogP contribution in [0.3, 0.4) is 0 Å². The molecule has 0 spiro atoms. The van der Waals surface area contributed by atoms with Crippen LogP contribution in [0.15, 0.2) is 18.2 Å². The first kappa shape index (κ1) is 20.6. The van der Waals surface area contributed by atoms with Crippen LogP contribution in [0.5, 0.6) is 0 Å². The highest BCUT2D eigenvalue weighted by atomic mass is 35.5. The zero-order chi connectivity index (χ0) is 19.3. The summed E-state index contributed by atoms with van der Waals surface area (Å²) in [6.07, 6.45) is -3.55. The minimum Gasteiger partial charge on any atom is -0.367 e. The summed E-state index contributed by atoms with van der Waals surface area (Å²) in [7, 11) is 3.94. The van der Waals surface area contributed by atoms with Gasteiger partial charge >= 0.3 is 12.2 Å². The Morgan fingerprint density at radius 2 is 1.88 bits per heavy atom. The Kier molecular flexibility index (Phi) is 7.00. The second kappa shape index (κ2) is 8.81. The summed E-state index contributed by atoms with van der Waals surface area (Å²) >= 11 is 6.08. The molecule has 26 heavy (non-hydrogen) atoms. The van der Waals surface area contributed by atoms with E-state index in [-0.39, 0.29) is 11.1 Å². The van der Waals surface area contributed by atoms with Crippen molar-refractivity contribution in [2.75, 3.05) is 58.3 Å². The van der Waals surface area contributed by atoms with Gasteiger partial charge in [0.1, 0.15) is 0 Å². The molecule has 1 aromatic carbocycles. The SMILES string of the molecule is CN(C)CCCNC(=O)N1CCN(c2cc(C(F)(F)F)ccc2Cl)CC1. The predicted octanol–water partition coefficient (Wildman–Crippen LogP) is 3.14. The van der Waals surface area contributed by atoms with Crippen LogP contribution in [0, 0.1) is 0 Å². The van der Waals surface area contributed by atoms with Gasteiger partial charge in [0, 0.05) is 32.7 Å². The van der Waals surface area contributed by atoms with Crippen LogP contribution in [-0.2, 0) is 6.18 Å². The third-order valence-corrected chi connectivity index (χ3v) is 4.56. The molecule has 1 aliphatic rings. The van der Waals surface area contributed by atoms with Crippen molar-refractivity contribution in [3.63, 3.8) is 0 Å². The maximum absolute atomic E-state index is 12.9. The van der Waals surface area contributed by atoms with E-state index >= 15 is 0 Å². The summed E-state index contributed by atoms with van der Waals surface area (Å²) in [5, 5.41) is 3.15. The molecule has 0 atom stereocenters. The first-order valence-corrected chi connectivity index (χ1v) is 8.85. The molecule has 1 aliphatic heterocycles. The number of urea groups is 1. The lowest BCUT2D eigenvalue weighted by atomic mass is 10.1. The van der Waals surface area contributed by atoms with Gasteiger partial charge in [0.05, 0.1) is 16.3 Å². The van der Waals surface area contributed by atoms with E-state index in [1.165, 1.54) is 6.07 Å². The molecule has 2 rings (SSSR count). The topological polar surface area (TPSA) is 38.8 Å². The molecule has 5 nitrogen and oxygen atoms in total. The van der Waals surface area contributed by atoms with E-state index in [9.17, 15) is 18.0 Å². The number of hydrogen-bond acceptors (Lipinski definition) is 3. The van der Waals surface area contributed by atoms with Crippen LogP contribution >= 0.6 is 11.6 Å². The molecular formula is C17H24ClF3N4O. The lowest BCUT2D eigenvalue weighted by molar-refractivity contribution is -0.137. The molecule has 9 heteroatoms. The van der Waals surface area contributed by atoms with Crippen molar-refractivity contribution >= 4 is 23.3 Å². The van der Waals surface area contributed by atoms with Crippen LogP contribution in [-0.4, -0.2) is 69.2 Å². The Hall–Kier alpha value is -1.67. The van der Waals surface area contributed by atoms with Gasteiger partial charge in [0.15, 0.2) is 0 Å². The summed E-state index contributed by atoms with van der Waals surface area (Å²) in [5.41, 5.74) is -0.370. The molecule has 0 radical (unpaired) electrons. The lowest BCUT2D eigenvalue weighted by Crippen LogP contribution is -2.52. The smallest absolute Gasteiger partial charge is 0.367 e. The average Bonchev–Trinajstić information content (AvgIpc) is 2.58. The number of nitrogens with zero attached hydrogens (tertiary/aromatic N) is 3. The van der Waals surface area contributed by atoms with Crippen molar-refractivity contribution in [3.05, 3.63) is 28.8 Å². The van der Waals surface area contributed by atoms with Crippen molar-refractivity contribution in [3.8, 4) is 0 Å². The third kappa shape index (κ3) is 5.67. The van der Waals surface area contributed by atoms with Gasteiger partial charge < -0.3 is 20.0 Å². The quantitative estimate of drug-likeness (QED) is 0.782. The second-order valence-corrected chi connectivity index (χ2v) is 6.93. The standard InChI is InChI=1S/C17H24ClF3N4O/c1-23(2)7-3-6-22-16(26)25-10-8-24(9-11-25)15-12-13(17(19,20)21)4-5-14(15)18/h4-5,12H,3,6-11H2,1-2H3,(H,22,26). The monoisotopic (exact) mass is 392 g/mol. The Bertz CT molecular complexity index is 617. The van der Waals surface area contributed by atoms with Gasteiger partial charge in [0.25, 0.3) is 0 Å². The number of hydrogen-bond donors (Lipinski definition) is 1. The molecule has 0 saturated carbocycles. The first-order chi connectivity index (χ1) is 12.2. The number of carbonyl (C=O) groups excluding carboxylic acids is 1. The minimum atomic E-state index is -4.41. The number of nitrogens with one attached hydrogen (secondary N) is 1. The molecule has 1 saturated heterocycles. The minimum absolute atomic E-state index is 0.140. The number of rotatable bonds is 5. The number of anilines is 1. The Morgan fingerprint density at radius 1 is 1.23 bits per heavy atom. The Morgan fingerprint density at radius 3 is 2.46 bits per heavy atom.